The highest BCUT2D eigenvalue weighted by molar-refractivity contribution is 5.84. The second-order valence-corrected chi connectivity index (χ2v) is 6.45. The number of carboxylic acid groups (broad SMARTS) is 1. The molecule has 3 rings (SSSR count). The van der Waals surface area contributed by atoms with Gasteiger partial charge in [-0.25, -0.2) is 4.79 Å². The van der Waals surface area contributed by atoms with E-state index in [1.54, 1.807) is 0 Å². The monoisotopic (exact) mass is 353 g/mol. The van der Waals surface area contributed by atoms with E-state index in [4.69, 9.17) is 4.74 Å². The first-order valence-electron chi connectivity index (χ1n) is 8.90. The van der Waals surface area contributed by atoms with Gasteiger partial charge >= 0.3 is 5.97 Å². The van der Waals surface area contributed by atoms with Gasteiger partial charge in [0, 0.05) is 6.54 Å². The molecule has 0 aliphatic carbocycles. The lowest BCUT2D eigenvalue weighted by Gasteiger charge is -2.33. The third-order valence-corrected chi connectivity index (χ3v) is 4.69. The number of benzene rings is 2. The van der Waals surface area contributed by atoms with Crippen LogP contribution in [0.15, 0.2) is 60.7 Å². The van der Waals surface area contributed by atoms with Crippen LogP contribution in [-0.2, 0) is 14.3 Å². The Bertz CT molecular complexity index is 693. The van der Waals surface area contributed by atoms with Crippen molar-refractivity contribution in [3.8, 4) is 0 Å². The molecule has 0 bridgehead atoms. The van der Waals surface area contributed by atoms with Gasteiger partial charge in [-0.3, -0.25) is 4.79 Å². The molecule has 1 fully saturated rings. The predicted octanol–water partition coefficient (Wildman–Crippen LogP) is 3.26. The van der Waals surface area contributed by atoms with Gasteiger partial charge in [-0.05, 0) is 30.4 Å². The number of carbonyl (C=O) groups is 2. The molecule has 1 N–H and O–H groups in total. The smallest absolute Gasteiger partial charge is 0.326 e. The normalized spacial score (nSPS) is 17.3. The average molecular weight is 353 g/mol. The molecule has 5 heteroatoms. The fourth-order valence-electron chi connectivity index (χ4n) is 3.36. The second kappa shape index (κ2) is 8.63. The molecule has 2 aromatic rings. The Balaban J connectivity index is 1.73. The first-order valence-corrected chi connectivity index (χ1v) is 8.90. The number of nitrogens with zero attached hydrogens (tertiary/aromatic N) is 1. The first kappa shape index (κ1) is 18.1. The van der Waals surface area contributed by atoms with Gasteiger partial charge in [0.25, 0.3) is 0 Å². The summed E-state index contributed by atoms with van der Waals surface area (Å²) in [6, 6.07) is 18.7. The number of likely N-dealkylation sites (tertiary alicyclic amines) is 1. The van der Waals surface area contributed by atoms with Crippen molar-refractivity contribution >= 4 is 11.9 Å². The molecule has 1 unspecified atom stereocenters. The van der Waals surface area contributed by atoms with Crippen LogP contribution in [0.1, 0.15) is 36.5 Å². The molecule has 1 amide bonds. The number of carbonyl (C=O) groups excluding carboxylic acids is 1. The van der Waals surface area contributed by atoms with Crippen LogP contribution in [0, 0.1) is 0 Å². The highest BCUT2D eigenvalue weighted by Crippen LogP contribution is 2.26. The minimum absolute atomic E-state index is 0.141. The number of amides is 1. The summed E-state index contributed by atoms with van der Waals surface area (Å²) in [6.45, 7) is 0.332. The predicted molar refractivity (Wildman–Crippen MR) is 97.7 cm³/mol. The molecule has 1 aliphatic rings. The van der Waals surface area contributed by atoms with Crippen LogP contribution >= 0.6 is 0 Å². The van der Waals surface area contributed by atoms with E-state index in [9.17, 15) is 14.7 Å². The van der Waals surface area contributed by atoms with E-state index in [0.717, 1.165) is 24.0 Å². The first-order chi connectivity index (χ1) is 12.7. The van der Waals surface area contributed by atoms with Gasteiger partial charge in [-0.1, -0.05) is 60.7 Å². The molecule has 0 aromatic heterocycles. The van der Waals surface area contributed by atoms with Gasteiger partial charge in [0.1, 0.15) is 18.8 Å². The van der Waals surface area contributed by atoms with Crippen molar-refractivity contribution in [3.05, 3.63) is 71.8 Å². The van der Waals surface area contributed by atoms with Gasteiger partial charge < -0.3 is 14.7 Å². The topological polar surface area (TPSA) is 66.8 Å². The Kier molecular flexibility index (Phi) is 6.02. The van der Waals surface area contributed by atoms with Crippen LogP contribution in [-0.4, -0.2) is 41.1 Å². The number of aliphatic carboxylic acids is 1. The molecule has 1 heterocycles. The van der Waals surface area contributed by atoms with E-state index in [2.05, 4.69) is 0 Å². The highest BCUT2D eigenvalue weighted by atomic mass is 16.5. The van der Waals surface area contributed by atoms with Crippen LogP contribution < -0.4 is 0 Å². The van der Waals surface area contributed by atoms with E-state index in [1.165, 1.54) is 4.90 Å². The highest BCUT2D eigenvalue weighted by Gasteiger charge is 2.32. The van der Waals surface area contributed by atoms with Crippen LogP contribution in [0.3, 0.4) is 0 Å². The van der Waals surface area contributed by atoms with Crippen LogP contribution in [0.2, 0.25) is 0 Å². The molecular weight excluding hydrogens is 330 g/mol. The lowest BCUT2D eigenvalue weighted by Crippen LogP contribution is -2.49. The molecule has 0 radical (unpaired) electrons. The molecule has 1 atom stereocenters. The van der Waals surface area contributed by atoms with Crippen molar-refractivity contribution in [1.29, 1.82) is 0 Å². The van der Waals surface area contributed by atoms with E-state index in [1.807, 2.05) is 60.7 Å². The molecule has 0 spiro atoms. The van der Waals surface area contributed by atoms with Crippen molar-refractivity contribution in [1.82, 2.24) is 4.90 Å². The summed E-state index contributed by atoms with van der Waals surface area (Å²) in [6.07, 6.45) is 1.80. The van der Waals surface area contributed by atoms with E-state index < -0.39 is 12.0 Å². The van der Waals surface area contributed by atoms with Crippen molar-refractivity contribution in [2.75, 3.05) is 13.2 Å². The fourth-order valence-corrected chi connectivity index (χ4v) is 3.36. The lowest BCUT2D eigenvalue weighted by molar-refractivity contribution is -0.154. The van der Waals surface area contributed by atoms with Crippen molar-refractivity contribution in [2.45, 2.75) is 31.4 Å². The molecule has 136 valence electrons. The molecule has 2 aromatic carbocycles. The lowest BCUT2D eigenvalue weighted by atomic mass is 10.0. The van der Waals surface area contributed by atoms with Gasteiger partial charge in [0.15, 0.2) is 0 Å². The molecule has 1 saturated heterocycles. The standard InChI is InChI=1S/C21H23NO4/c23-19(22-14-8-7-13-18(22)21(24)25)15-26-20(16-9-3-1-4-10-16)17-11-5-2-6-12-17/h1-6,9-12,18,20H,7-8,13-15H2,(H,24,25). The van der Waals surface area contributed by atoms with E-state index in [-0.39, 0.29) is 18.6 Å². The molecule has 0 saturated carbocycles. The zero-order chi connectivity index (χ0) is 18.4. The zero-order valence-electron chi connectivity index (χ0n) is 14.6. The maximum Gasteiger partial charge on any atom is 0.326 e. The quantitative estimate of drug-likeness (QED) is 0.866. The summed E-state index contributed by atoms with van der Waals surface area (Å²) in [5, 5.41) is 9.36. The minimum atomic E-state index is -0.944. The van der Waals surface area contributed by atoms with Crippen LogP contribution in [0.4, 0.5) is 0 Å². The van der Waals surface area contributed by atoms with Crippen molar-refractivity contribution < 1.29 is 19.4 Å². The van der Waals surface area contributed by atoms with Gasteiger partial charge in [0.05, 0.1) is 0 Å². The van der Waals surface area contributed by atoms with Crippen LogP contribution in [0.5, 0.6) is 0 Å². The number of rotatable bonds is 6. The molecule has 5 nitrogen and oxygen atoms in total. The zero-order valence-corrected chi connectivity index (χ0v) is 14.6. The third kappa shape index (κ3) is 4.29. The molecular formula is C21H23NO4. The summed E-state index contributed by atoms with van der Waals surface area (Å²) in [4.78, 5) is 25.5. The van der Waals surface area contributed by atoms with Crippen LogP contribution in [0.25, 0.3) is 0 Å². The summed E-state index contributed by atoms with van der Waals surface area (Å²) in [7, 11) is 0. The van der Waals surface area contributed by atoms with E-state index >= 15 is 0 Å². The Morgan fingerprint density at radius 2 is 1.58 bits per heavy atom. The van der Waals surface area contributed by atoms with E-state index in [0.29, 0.717) is 13.0 Å². The number of hydrogen-bond acceptors (Lipinski definition) is 3. The third-order valence-electron chi connectivity index (χ3n) is 4.69. The van der Waals surface area contributed by atoms with Gasteiger partial charge in [-0.2, -0.15) is 0 Å². The molecule has 26 heavy (non-hydrogen) atoms. The summed E-state index contributed by atoms with van der Waals surface area (Å²) >= 11 is 0. The summed E-state index contributed by atoms with van der Waals surface area (Å²) in [5.41, 5.74) is 1.92. The van der Waals surface area contributed by atoms with Crippen molar-refractivity contribution in [3.63, 3.8) is 0 Å². The Labute approximate surface area is 153 Å². The average Bonchev–Trinajstić information content (AvgIpc) is 2.69. The maximum absolute atomic E-state index is 12.6. The number of carboxylic acids is 1. The Morgan fingerprint density at radius 1 is 1.00 bits per heavy atom. The number of ether oxygens (including phenoxy) is 1. The number of piperidine rings is 1. The van der Waals surface area contributed by atoms with Gasteiger partial charge in [-0.15, -0.1) is 0 Å². The minimum Gasteiger partial charge on any atom is -0.480 e. The summed E-state index contributed by atoms with van der Waals surface area (Å²) in [5.74, 6) is -1.21. The SMILES string of the molecule is O=C(O)C1CCCCN1C(=O)COC(c1ccccc1)c1ccccc1. The molecule has 1 aliphatic heterocycles. The second-order valence-electron chi connectivity index (χ2n) is 6.45. The maximum atomic E-state index is 12.6. The Morgan fingerprint density at radius 3 is 2.12 bits per heavy atom. The fraction of sp³-hybridized carbons (Fsp3) is 0.333. The number of hydrogen-bond donors (Lipinski definition) is 1. The van der Waals surface area contributed by atoms with Crippen molar-refractivity contribution in [2.24, 2.45) is 0 Å². The van der Waals surface area contributed by atoms with Gasteiger partial charge in [0.2, 0.25) is 5.91 Å². The largest absolute Gasteiger partial charge is 0.480 e. The Hall–Kier alpha value is -2.66. The summed E-state index contributed by atoms with van der Waals surface area (Å²) < 4.78 is 5.97.